The molecule has 2 aliphatic rings. The van der Waals surface area contributed by atoms with Gasteiger partial charge in [-0.15, -0.1) is 0 Å². The first-order valence-electron chi connectivity index (χ1n) is 20.8. The van der Waals surface area contributed by atoms with Crippen LogP contribution in [0.3, 0.4) is 0 Å². The first-order chi connectivity index (χ1) is 30.2. The lowest BCUT2D eigenvalue weighted by atomic mass is 9.80. The normalized spacial score (nSPS) is 18.4. The number of carbonyl (C=O) groups is 2. The van der Waals surface area contributed by atoms with Gasteiger partial charge in [-0.1, -0.05) is 122 Å². The number of aromatic nitrogens is 2. The Morgan fingerprint density at radius 3 is 2.02 bits per heavy atom. The number of thioether (sulfide) groups is 1. The van der Waals surface area contributed by atoms with Crippen molar-refractivity contribution in [2.24, 2.45) is 5.92 Å². The molecule has 0 bridgehead atoms. The number of hydrogen-bond donors (Lipinski definition) is 1. The zero-order valence-electron chi connectivity index (χ0n) is 35.4. The van der Waals surface area contributed by atoms with Gasteiger partial charge in [0.15, 0.2) is 7.50 Å². The lowest BCUT2D eigenvalue weighted by Gasteiger charge is -2.37. The third-order valence-electron chi connectivity index (χ3n) is 10.8. The van der Waals surface area contributed by atoms with Crippen LogP contribution in [0.15, 0.2) is 126 Å². The second kappa shape index (κ2) is 21.7. The van der Waals surface area contributed by atoms with E-state index >= 15 is 0 Å². The fourth-order valence-corrected chi connectivity index (χ4v) is 12.8. The average Bonchev–Trinajstić information content (AvgIpc) is 3.99. The predicted octanol–water partition coefficient (Wildman–Crippen LogP) is 9.17. The lowest BCUT2D eigenvalue weighted by Crippen LogP contribution is -2.38. The highest BCUT2D eigenvalue weighted by atomic mass is 32.7. The van der Waals surface area contributed by atoms with Gasteiger partial charge < -0.3 is 28.8 Å². The predicted molar refractivity (Wildman–Crippen MR) is 247 cm³/mol. The molecule has 0 saturated carbocycles. The van der Waals surface area contributed by atoms with Crippen molar-refractivity contribution in [3.05, 3.63) is 154 Å². The van der Waals surface area contributed by atoms with Gasteiger partial charge in [-0.05, 0) is 59.9 Å². The van der Waals surface area contributed by atoms with Crippen LogP contribution in [-0.2, 0) is 24.4 Å². The quantitative estimate of drug-likeness (QED) is 0.0482. The zero-order valence-corrected chi connectivity index (χ0v) is 37.9. The molecule has 15 heteroatoms. The summed E-state index contributed by atoms with van der Waals surface area (Å²) in [5, 5.41) is 2.77. The minimum absolute atomic E-state index is 0.0475. The van der Waals surface area contributed by atoms with Crippen LogP contribution < -0.4 is 20.5 Å². The van der Waals surface area contributed by atoms with Gasteiger partial charge in [0, 0.05) is 48.7 Å². The molecule has 7 rings (SSSR count). The Labute approximate surface area is 372 Å². The maximum atomic E-state index is 13.6. The minimum Gasteiger partial charge on any atom is -0.497 e. The molecular weight excluding hydrogens is 844 g/mol. The average molecular weight is 897 g/mol. The topological polar surface area (TPSA) is 130 Å². The summed E-state index contributed by atoms with van der Waals surface area (Å²) in [5.74, 6) is 2.44. The van der Waals surface area contributed by atoms with Crippen molar-refractivity contribution >= 4 is 47.5 Å². The van der Waals surface area contributed by atoms with Gasteiger partial charge in [-0.3, -0.25) is 18.8 Å². The standard InChI is InChI=1S/C47H53N4O8PS2/c1-33(2)44(52)48-42-25-28-51(46(54)49-42)43-31-40(59-60(50-26-11-12-27-50)62-30-29-61-45(53)34-13-7-5-8-14-34)41(58-43)32-57-47(35-15-9-6-10-16-35,36-17-21-38(55-3)22-18-36)37-19-23-39(56-4)24-20-37/h5-10,13-25,28,33,40-41,43H,11-12,26-27,29-32H2,1-4H3,(H,48,49,52,54)/t40-,41+,43+,60?/m0/s1. The summed E-state index contributed by atoms with van der Waals surface area (Å²) in [7, 11) is 2.11. The van der Waals surface area contributed by atoms with E-state index in [1.165, 1.54) is 16.3 Å². The summed E-state index contributed by atoms with van der Waals surface area (Å²) in [4.78, 5) is 43.2. The number of amides is 1. The number of ether oxygens (including phenoxy) is 4. The van der Waals surface area contributed by atoms with Crippen molar-refractivity contribution in [3.8, 4) is 11.5 Å². The molecule has 1 amide bonds. The highest BCUT2D eigenvalue weighted by molar-refractivity contribution is 8.53. The van der Waals surface area contributed by atoms with Gasteiger partial charge in [0.25, 0.3) is 0 Å². The third-order valence-corrected chi connectivity index (χ3v) is 16.0. The second-order valence-corrected chi connectivity index (χ2v) is 19.9. The lowest BCUT2D eigenvalue weighted by molar-refractivity contribution is -0.118. The second-order valence-electron chi connectivity index (χ2n) is 15.2. The molecule has 4 atom stereocenters. The van der Waals surface area contributed by atoms with Crippen LogP contribution in [0.25, 0.3) is 0 Å². The molecule has 0 radical (unpaired) electrons. The Morgan fingerprint density at radius 2 is 1.44 bits per heavy atom. The Balaban J connectivity index is 1.20. The van der Waals surface area contributed by atoms with Crippen molar-refractivity contribution < 1.29 is 33.1 Å². The van der Waals surface area contributed by atoms with E-state index < -0.39 is 37.2 Å². The van der Waals surface area contributed by atoms with E-state index in [1.54, 1.807) is 51.7 Å². The third kappa shape index (κ3) is 11.0. The van der Waals surface area contributed by atoms with Crippen LogP contribution in [0.4, 0.5) is 5.82 Å². The van der Waals surface area contributed by atoms with Crippen LogP contribution in [-0.4, -0.2) is 82.9 Å². The van der Waals surface area contributed by atoms with Crippen LogP contribution in [0, 0.1) is 5.92 Å². The Bertz CT molecular complexity index is 2230. The molecule has 5 aromatic rings. The first-order valence-corrected chi connectivity index (χ1v) is 24.6. The molecule has 4 aromatic carbocycles. The monoisotopic (exact) mass is 896 g/mol. The number of hydrogen-bond acceptors (Lipinski definition) is 12. The first kappa shape index (κ1) is 45.5. The Morgan fingerprint density at radius 1 is 0.839 bits per heavy atom. The van der Waals surface area contributed by atoms with Crippen LogP contribution in [0.2, 0.25) is 0 Å². The molecule has 2 saturated heterocycles. The van der Waals surface area contributed by atoms with E-state index in [1.807, 2.05) is 97.1 Å². The molecule has 1 unspecified atom stereocenters. The summed E-state index contributed by atoms with van der Waals surface area (Å²) < 4.78 is 36.3. The molecule has 2 aliphatic heterocycles. The van der Waals surface area contributed by atoms with Crippen LogP contribution >= 0.6 is 30.6 Å². The summed E-state index contributed by atoms with van der Waals surface area (Å²) in [5.41, 5.74) is 1.67. The van der Waals surface area contributed by atoms with E-state index in [0.717, 1.165) is 42.6 Å². The fourth-order valence-electron chi connectivity index (χ4n) is 7.45. The van der Waals surface area contributed by atoms with Crippen molar-refractivity contribution in [3.63, 3.8) is 0 Å². The Hall–Kier alpha value is -4.53. The fraction of sp³-hybridized carbons (Fsp3) is 0.362. The maximum Gasteiger partial charge on any atom is 0.351 e. The molecule has 3 heterocycles. The number of anilines is 1. The van der Waals surface area contributed by atoms with E-state index in [2.05, 4.69) is 27.1 Å². The van der Waals surface area contributed by atoms with Gasteiger partial charge in [0.1, 0.15) is 35.2 Å². The van der Waals surface area contributed by atoms with Crippen molar-refractivity contribution in [2.75, 3.05) is 50.7 Å². The molecule has 12 nitrogen and oxygen atoms in total. The molecule has 62 heavy (non-hydrogen) atoms. The SMILES string of the molecule is COc1ccc(C(OC[C@H]2O[C@@H](n3ccc(NC(=O)C(C)C)nc3=O)C[C@@H]2OP(SCCSC(=O)c2ccccc2)N2CCCC2)(c2ccccc2)c2ccc(OC)cc2)cc1. The van der Waals surface area contributed by atoms with Gasteiger partial charge in [-0.25, -0.2) is 4.79 Å². The highest BCUT2D eigenvalue weighted by Crippen LogP contribution is 2.58. The molecule has 326 valence electrons. The number of nitrogens with one attached hydrogen (secondary N) is 1. The summed E-state index contributed by atoms with van der Waals surface area (Å²) in [6, 6.07) is 36.8. The van der Waals surface area contributed by atoms with Crippen LogP contribution in [0.5, 0.6) is 11.5 Å². The highest BCUT2D eigenvalue weighted by Gasteiger charge is 2.44. The number of carbonyl (C=O) groups excluding carboxylic acids is 2. The Kier molecular flexibility index (Phi) is 15.9. The number of methoxy groups -OCH3 is 2. The molecule has 2 fully saturated rings. The van der Waals surface area contributed by atoms with Crippen LogP contribution in [0.1, 0.15) is 66.4 Å². The number of nitrogens with zero attached hydrogens (tertiary/aromatic N) is 3. The summed E-state index contributed by atoms with van der Waals surface area (Å²) in [6.45, 7) is 5.46. The van der Waals surface area contributed by atoms with Gasteiger partial charge in [0.05, 0.1) is 26.9 Å². The van der Waals surface area contributed by atoms with Gasteiger partial charge in [0.2, 0.25) is 11.0 Å². The van der Waals surface area contributed by atoms with Crippen molar-refractivity contribution in [1.82, 2.24) is 14.2 Å². The molecule has 1 aromatic heterocycles. The summed E-state index contributed by atoms with van der Waals surface area (Å²) >= 11 is 3.05. The smallest absolute Gasteiger partial charge is 0.351 e. The largest absolute Gasteiger partial charge is 0.497 e. The van der Waals surface area contributed by atoms with E-state index in [9.17, 15) is 14.4 Å². The molecule has 0 aliphatic carbocycles. The summed E-state index contributed by atoms with van der Waals surface area (Å²) in [6.07, 6.45) is 2.29. The number of rotatable bonds is 19. The molecule has 0 spiro atoms. The van der Waals surface area contributed by atoms with Crippen molar-refractivity contribution in [1.29, 1.82) is 0 Å². The van der Waals surface area contributed by atoms with Gasteiger partial charge >= 0.3 is 5.69 Å². The van der Waals surface area contributed by atoms with Crippen molar-refractivity contribution in [2.45, 2.75) is 57.1 Å². The van der Waals surface area contributed by atoms with Gasteiger partial charge in [-0.2, -0.15) is 4.98 Å². The van der Waals surface area contributed by atoms with E-state index in [4.69, 9.17) is 23.5 Å². The minimum atomic E-state index is -1.17. The van der Waals surface area contributed by atoms with E-state index in [-0.39, 0.29) is 29.4 Å². The zero-order chi connectivity index (χ0) is 43.5. The number of benzene rings is 4. The molecular formula is C47H53N4O8PS2. The molecule has 1 N–H and O–H groups in total. The maximum absolute atomic E-state index is 13.6. The van der Waals surface area contributed by atoms with E-state index in [0.29, 0.717) is 35.0 Å².